The van der Waals surface area contributed by atoms with E-state index in [9.17, 15) is 9.59 Å². The highest BCUT2D eigenvalue weighted by molar-refractivity contribution is 6.31. The van der Waals surface area contributed by atoms with Crippen molar-refractivity contribution < 1.29 is 9.59 Å². The predicted octanol–water partition coefficient (Wildman–Crippen LogP) is 5.47. The fraction of sp³-hybridized carbons (Fsp3) is 0.136. The third kappa shape index (κ3) is 6.47. The van der Waals surface area contributed by atoms with Gasteiger partial charge in [0.25, 0.3) is 5.91 Å². The van der Waals surface area contributed by atoms with Crippen molar-refractivity contribution in [1.29, 1.82) is 0 Å². The molecule has 1 aromatic heterocycles. The van der Waals surface area contributed by atoms with Gasteiger partial charge in [0.2, 0.25) is 5.91 Å². The molecule has 0 saturated heterocycles. The number of pyridine rings is 1. The lowest BCUT2D eigenvalue weighted by atomic mass is 10.2. The summed E-state index contributed by atoms with van der Waals surface area (Å²) in [5.41, 5.74) is 1.66. The molecule has 8 heteroatoms. The maximum absolute atomic E-state index is 12.6. The topological polar surface area (TPSA) is 83.1 Å². The number of nitrogens with zero attached hydrogens (tertiary/aromatic N) is 1. The number of rotatable bonds is 8. The molecule has 6 nitrogen and oxygen atoms in total. The van der Waals surface area contributed by atoms with E-state index in [4.69, 9.17) is 23.2 Å². The van der Waals surface area contributed by atoms with Crippen molar-refractivity contribution in [2.24, 2.45) is 0 Å². The number of carbonyl (C=O) groups excluding carboxylic acids is 2. The number of amides is 2. The van der Waals surface area contributed by atoms with Gasteiger partial charge in [0.05, 0.1) is 5.56 Å². The molecule has 0 aliphatic rings. The van der Waals surface area contributed by atoms with Crippen molar-refractivity contribution in [3.63, 3.8) is 0 Å². The lowest BCUT2D eigenvalue weighted by molar-refractivity contribution is -0.116. The molecule has 0 fully saturated rings. The van der Waals surface area contributed by atoms with Crippen molar-refractivity contribution >= 4 is 52.2 Å². The van der Waals surface area contributed by atoms with Gasteiger partial charge in [-0.2, -0.15) is 0 Å². The van der Waals surface area contributed by atoms with Crippen LogP contribution in [-0.2, 0) is 4.79 Å². The van der Waals surface area contributed by atoms with Gasteiger partial charge < -0.3 is 16.0 Å². The summed E-state index contributed by atoms with van der Waals surface area (Å²) in [6.45, 7) is 0.484. The Balaban J connectivity index is 1.51. The maximum atomic E-state index is 12.6. The Labute approximate surface area is 184 Å². The van der Waals surface area contributed by atoms with Crippen molar-refractivity contribution in [3.8, 4) is 0 Å². The first kappa shape index (κ1) is 21.6. The van der Waals surface area contributed by atoms with Crippen molar-refractivity contribution in [2.75, 3.05) is 22.5 Å². The zero-order valence-electron chi connectivity index (χ0n) is 16.0. The molecule has 3 N–H and O–H groups in total. The zero-order valence-corrected chi connectivity index (χ0v) is 17.5. The maximum Gasteiger partial charge on any atom is 0.259 e. The van der Waals surface area contributed by atoms with Crippen LogP contribution in [0.15, 0.2) is 66.9 Å². The van der Waals surface area contributed by atoms with Crippen LogP contribution < -0.4 is 16.0 Å². The number of anilines is 3. The van der Waals surface area contributed by atoms with Gasteiger partial charge in [-0.25, -0.2) is 4.98 Å². The Morgan fingerprint density at radius 3 is 2.20 bits per heavy atom. The number of halogens is 2. The van der Waals surface area contributed by atoms with Gasteiger partial charge in [-0.05, 0) is 55.0 Å². The van der Waals surface area contributed by atoms with E-state index in [-0.39, 0.29) is 11.8 Å². The molecule has 2 amide bonds. The summed E-state index contributed by atoms with van der Waals surface area (Å²) < 4.78 is 0. The quantitative estimate of drug-likeness (QED) is 0.403. The highest BCUT2D eigenvalue weighted by Crippen LogP contribution is 2.18. The van der Waals surface area contributed by atoms with Gasteiger partial charge in [-0.1, -0.05) is 35.3 Å². The molecule has 3 aromatic rings. The Morgan fingerprint density at radius 2 is 1.53 bits per heavy atom. The van der Waals surface area contributed by atoms with Crippen LogP contribution in [0.25, 0.3) is 0 Å². The fourth-order valence-corrected chi connectivity index (χ4v) is 3.12. The summed E-state index contributed by atoms with van der Waals surface area (Å²) in [6.07, 6.45) is 2.49. The largest absolute Gasteiger partial charge is 0.369 e. The van der Waals surface area contributed by atoms with E-state index in [2.05, 4.69) is 20.9 Å². The highest BCUT2D eigenvalue weighted by Gasteiger charge is 2.13. The SMILES string of the molecule is O=C(CCCNc1ncccc1C(=O)Nc1cccc(Cl)c1)Nc1cccc(Cl)c1. The lowest BCUT2D eigenvalue weighted by Gasteiger charge is -2.11. The number of hydrogen-bond donors (Lipinski definition) is 3. The predicted molar refractivity (Wildman–Crippen MR) is 121 cm³/mol. The molecule has 1 heterocycles. The van der Waals surface area contributed by atoms with Crippen LogP contribution in [0, 0.1) is 0 Å². The number of hydrogen-bond acceptors (Lipinski definition) is 4. The molecular weight excluding hydrogens is 423 g/mol. The molecule has 0 aliphatic heterocycles. The minimum atomic E-state index is -0.299. The van der Waals surface area contributed by atoms with Crippen LogP contribution in [-0.4, -0.2) is 23.3 Å². The van der Waals surface area contributed by atoms with Crippen molar-refractivity contribution in [2.45, 2.75) is 12.8 Å². The third-order valence-electron chi connectivity index (χ3n) is 4.12. The molecular formula is C22H20Cl2N4O2. The molecule has 0 atom stereocenters. The smallest absolute Gasteiger partial charge is 0.259 e. The second-order valence-electron chi connectivity index (χ2n) is 6.45. The van der Waals surface area contributed by atoms with E-state index < -0.39 is 0 Å². The first-order valence-corrected chi connectivity index (χ1v) is 10.1. The molecule has 154 valence electrons. The fourth-order valence-electron chi connectivity index (χ4n) is 2.74. The van der Waals surface area contributed by atoms with E-state index in [0.29, 0.717) is 52.2 Å². The number of nitrogens with one attached hydrogen (secondary N) is 3. The lowest BCUT2D eigenvalue weighted by Crippen LogP contribution is -2.17. The molecule has 3 rings (SSSR count). The number of benzene rings is 2. The molecule has 0 spiro atoms. The first-order chi connectivity index (χ1) is 14.5. The van der Waals surface area contributed by atoms with E-state index in [1.54, 1.807) is 66.9 Å². The minimum Gasteiger partial charge on any atom is -0.369 e. The second kappa shape index (κ2) is 10.6. The zero-order chi connectivity index (χ0) is 21.3. The molecule has 0 aliphatic carbocycles. The van der Waals surface area contributed by atoms with E-state index in [0.717, 1.165) is 0 Å². The van der Waals surface area contributed by atoms with Gasteiger partial charge >= 0.3 is 0 Å². The van der Waals surface area contributed by atoms with Crippen LogP contribution >= 0.6 is 23.2 Å². The van der Waals surface area contributed by atoms with Gasteiger partial charge in [0.15, 0.2) is 0 Å². The van der Waals surface area contributed by atoms with Gasteiger partial charge in [0.1, 0.15) is 5.82 Å². The van der Waals surface area contributed by atoms with Crippen LogP contribution in [0.1, 0.15) is 23.2 Å². The van der Waals surface area contributed by atoms with Gasteiger partial charge in [0, 0.05) is 40.6 Å². The average molecular weight is 443 g/mol. The Bertz CT molecular complexity index is 1040. The Hall–Kier alpha value is -3.09. The highest BCUT2D eigenvalue weighted by atomic mass is 35.5. The summed E-state index contributed by atoms with van der Waals surface area (Å²) in [7, 11) is 0. The van der Waals surface area contributed by atoms with Crippen LogP contribution in [0.2, 0.25) is 10.0 Å². The normalized spacial score (nSPS) is 10.3. The van der Waals surface area contributed by atoms with Crippen molar-refractivity contribution in [3.05, 3.63) is 82.5 Å². The average Bonchev–Trinajstić information content (AvgIpc) is 2.71. The van der Waals surface area contributed by atoms with Crippen LogP contribution in [0.5, 0.6) is 0 Å². The summed E-state index contributed by atoms with van der Waals surface area (Å²) in [6, 6.07) is 17.3. The molecule has 30 heavy (non-hydrogen) atoms. The first-order valence-electron chi connectivity index (χ1n) is 9.32. The Morgan fingerprint density at radius 1 is 0.867 bits per heavy atom. The van der Waals surface area contributed by atoms with E-state index >= 15 is 0 Å². The summed E-state index contributed by atoms with van der Waals surface area (Å²) >= 11 is 11.9. The molecule has 2 aromatic carbocycles. The van der Waals surface area contributed by atoms with Gasteiger partial charge in [-0.15, -0.1) is 0 Å². The summed E-state index contributed by atoms with van der Waals surface area (Å²) in [5, 5.41) is 9.82. The second-order valence-corrected chi connectivity index (χ2v) is 7.33. The van der Waals surface area contributed by atoms with Crippen LogP contribution in [0.3, 0.4) is 0 Å². The standard InChI is InChI=1S/C22H20Cl2N4O2/c23-15-5-1-7-17(13-15)27-20(29)10-4-12-26-21-19(9-3-11-25-21)22(30)28-18-8-2-6-16(24)14-18/h1-3,5-9,11,13-14H,4,10,12H2,(H,25,26)(H,27,29)(H,28,30). The number of carbonyl (C=O) groups is 2. The minimum absolute atomic E-state index is 0.112. The summed E-state index contributed by atoms with van der Waals surface area (Å²) in [5.74, 6) is 0.0397. The Kier molecular flexibility index (Phi) is 7.65. The molecule has 0 saturated carbocycles. The molecule has 0 bridgehead atoms. The van der Waals surface area contributed by atoms with E-state index in [1.165, 1.54) is 0 Å². The van der Waals surface area contributed by atoms with E-state index in [1.807, 2.05) is 0 Å². The monoisotopic (exact) mass is 442 g/mol. The summed E-state index contributed by atoms with van der Waals surface area (Å²) in [4.78, 5) is 28.9. The van der Waals surface area contributed by atoms with Gasteiger partial charge in [-0.3, -0.25) is 9.59 Å². The van der Waals surface area contributed by atoms with Crippen LogP contribution in [0.4, 0.5) is 17.2 Å². The molecule has 0 radical (unpaired) electrons. The molecule has 0 unspecified atom stereocenters. The third-order valence-corrected chi connectivity index (χ3v) is 4.59. The van der Waals surface area contributed by atoms with Crippen molar-refractivity contribution in [1.82, 2.24) is 4.98 Å². The number of aromatic nitrogens is 1.